The molecule has 94 valence electrons. The van der Waals surface area contributed by atoms with Crippen LogP contribution in [0.4, 0.5) is 10.1 Å². The topological polar surface area (TPSA) is 29.3 Å². The second kappa shape index (κ2) is 5.36. The highest BCUT2D eigenvalue weighted by Crippen LogP contribution is 2.32. The lowest BCUT2D eigenvalue weighted by atomic mass is 10.0. The van der Waals surface area contributed by atoms with E-state index in [2.05, 4.69) is 27.8 Å². The summed E-state index contributed by atoms with van der Waals surface area (Å²) in [5.41, 5.74) is 7.08. The van der Waals surface area contributed by atoms with E-state index in [4.69, 9.17) is 5.73 Å². The van der Waals surface area contributed by atoms with Crippen LogP contribution in [0.1, 0.15) is 31.7 Å². The van der Waals surface area contributed by atoms with Gasteiger partial charge < -0.3 is 10.6 Å². The highest BCUT2D eigenvalue weighted by atomic mass is 79.9. The lowest BCUT2D eigenvalue weighted by molar-refractivity contribution is 0.475. The number of anilines is 1. The SMILES string of the molecule is CC1CCCCN1c1ccc(CN)c(Br)c1F. The minimum atomic E-state index is -0.179. The minimum absolute atomic E-state index is 0.179. The van der Waals surface area contributed by atoms with Crippen molar-refractivity contribution in [1.29, 1.82) is 0 Å². The lowest BCUT2D eigenvalue weighted by Crippen LogP contribution is -2.38. The van der Waals surface area contributed by atoms with Gasteiger partial charge in [-0.15, -0.1) is 0 Å². The average molecular weight is 301 g/mol. The Balaban J connectivity index is 2.35. The second-order valence-electron chi connectivity index (χ2n) is 4.61. The zero-order chi connectivity index (χ0) is 12.4. The summed E-state index contributed by atoms with van der Waals surface area (Å²) in [4.78, 5) is 2.16. The van der Waals surface area contributed by atoms with Crippen molar-refractivity contribution in [2.45, 2.75) is 38.8 Å². The maximum absolute atomic E-state index is 14.3. The van der Waals surface area contributed by atoms with Gasteiger partial charge in [0.1, 0.15) is 0 Å². The maximum atomic E-state index is 14.3. The predicted octanol–water partition coefficient (Wildman–Crippen LogP) is 3.43. The Hall–Kier alpha value is -0.610. The molecule has 1 aliphatic rings. The van der Waals surface area contributed by atoms with E-state index in [0.29, 0.717) is 22.7 Å². The molecule has 1 atom stereocenters. The van der Waals surface area contributed by atoms with Crippen LogP contribution in [0.5, 0.6) is 0 Å². The van der Waals surface area contributed by atoms with Gasteiger partial charge in [-0.3, -0.25) is 0 Å². The Kier molecular flexibility index (Phi) is 4.05. The second-order valence-corrected chi connectivity index (χ2v) is 5.41. The van der Waals surface area contributed by atoms with E-state index in [0.717, 1.165) is 24.9 Å². The van der Waals surface area contributed by atoms with Crippen molar-refractivity contribution < 1.29 is 4.39 Å². The number of halogens is 2. The van der Waals surface area contributed by atoms with Gasteiger partial charge in [0.25, 0.3) is 0 Å². The predicted molar refractivity (Wildman–Crippen MR) is 72.7 cm³/mol. The van der Waals surface area contributed by atoms with Crippen LogP contribution in [0.25, 0.3) is 0 Å². The third-order valence-corrected chi connectivity index (χ3v) is 4.33. The molecule has 1 unspecified atom stereocenters. The first-order valence-electron chi connectivity index (χ1n) is 6.08. The van der Waals surface area contributed by atoms with Crippen molar-refractivity contribution in [2.24, 2.45) is 5.73 Å². The molecule has 0 radical (unpaired) electrons. The molecule has 0 amide bonds. The first-order chi connectivity index (χ1) is 8.15. The lowest BCUT2D eigenvalue weighted by Gasteiger charge is -2.35. The molecule has 1 aliphatic heterocycles. The normalized spacial score (nSPS) is 20.7. The molecule has 0 spiro atoms. The van der Waals surface area contributed by atoms with E-state index < -0.39 is 0 Å². The van der Waals surface area contributed by atoms with Crippen molar-refractivity contribution in [1.82, 2.24) is 0 Å². The van der Waals surface area contributed by atoms with Gasteiger partial charge in [-0.1, -0.05) is 6.07 Å². The molecule has 1 saturated heterocycles. The summed E-state index contributed by atoms with van der Waals surface area (Å²) in [6.07, 6.45) is 3.51. The monoisotopic (exact) mass is 300 g/mol. The summed E-state index contributed by atoms with van der Waals surface area (Å²) in [5, 5.41) is 0. The fourth-order valence-corrected chi connectivity index (χ4v) is 2.91. The highest BCUT2D eigenvalue weighted by Gasteiger charge is 2.22. The van der Waals surface area contributed by atoms with Gasteiger partial charge in [-0.05, 0) is 53.7 Å². The van der Waals surface area contributed by atoms with Gasteiger partial charge in [0, 0.05) is 19.1 Å². The van der Waals surface area contributed by atoms with Gasteiger partial charge >= 0.3 is 0 Å². The molecule has 1 aromatic carbocycles. The van der Waals surface area contributed by atoms with E-state index in [9.17, 15) is 4.39 Å². The quantitative estimate of drug-likeness (QED) is 0.907. The number of nitrogens with two attached hydrogens (primary N) is 1. The van der Waals surface area contributed by atoms with E-state index in [1.807, 2.05) is 12.1 Å². The van der Waals surface area contributed by atoms with Gasteiger partial charge in [0.15, 0.2) is 5.82 Å². The molecule has 1 heterocycles. The summed E-state index contributed by atoms with van der Waals surface area (Å²) in [5.74, 6) is -0.179. The van der Waals surface area contributed by atoms with Crippen LogP contribution in [0.2, 0.25) is 0 Å². The van der Waals surface area contributed by atoms with Crippen LogP contribution in [0.15, 0.2) is 16.6 Å². The summed E-state index contributed by atoms with van der Waals surface area (Å²) >= 11 is 3.30. The Morgan fingerprint density at radius 3 is 2.88 bits per heavy atom. The third-order valence-electron chi connectivity index (χ3n) is 3.47. The number of hydrogen-bond acceptors (Lipinski definition) is 2. The Labute approximate surface area is 110 Å². The maximum Gasteiger partial charge on any atom is 0.160 e. The molecule has 0 aromatic heterocycles. The number of nitrogens with zero attached hydrogens (tertiary/aromatic N) is 1. The number of piperidine rings is 1. The van der Waals surface area contributed by atoms with Crippen LogP contribution in [-0.4, -0.2) is 12.6 Å². The average Bonchev–Trinajstić information content (AvgIpc) is 2.34. The molecule has 1 aromatic rings. The Morgan fingerprint density at radius 1 is 1.47 bits per heavy atom. The smallest absolute Gasteiger partial charge is 0.160 e. The first kappa shape index (κ1) is 12.8. The Morgan fingerprint density at radius 2 is 2.24 bits per heavy atom. The van der Waals surface area contributed by atoms with Crippen molar-refractivity contribution in [3.63, 3.8) is 0 Å². The Bertz CT molecular complexity index is 409. The summed E-state index contributed by atoms with van der Waals surface area (Å²) in [6, 6.07) is 4.17. The van der Waals surface area contributed by atoms with Crippen molar-refractivity contribution in [3.8, 4) is 0 Å². The van der Waals surface area contributed by atoms with E-state index in [1.165, 1.54) is 6.42 Å². The zero-order valence-electron chi connectivity index (χ0n) is 10.0. The van der Waals surface area contributed by atoms with E-state index in [-0.39, 0.29) is 5.82 Å². The van der Waals surface area contributed by atoms with Crippen LogP contribution < -0.4 is 10.6 Å². The molecule has 17 heavy (non-hydrogen) atoms. The minimum Gasteiger partial charge on any atom is -0.366 e. The van der Waals surface area contributed by atoms with Crippen LogP contribution in [-0.2, 0) is 6.54 Å². The van der Waals surface area contributed by atoms with Crippen LogP contribution in [0.3, 0.4) is 0 Å². The van der Waals surface area contributed by atoms with Crippen LogP contribution in [0, 0.1) is 5.82 Å². The molecule has 4 heteroatoms. The van der Waals surface area contributed by atoms with Gasteiger partial charge in [-0.25, -0.2) is 4.39 Å². The zero-order valence-corrected chi connectivity index (χ0v) is 11.6. The fourth-order valence-electron chi connectivity index (χ4n) is 2.41. The largest absolute Gasteiger partial charge is 0.366 e. The molecule has 0 bridgehead atoms. The highest BCUT2D eigenvalue weighted by molar-refractivity contribution is 9.10. The van der Waals surface area contributed by atoms with Crippen LogP contribution >= 0.6 is 15.9 Å². The summed E-state index contributed by atoms with van der Waals surface area (Å²) in [7, 11) is 0. The molecule has 2 rings (SSSR count). The van der Waals surface area contributed by atoms with Crippen molar-refractivity contribution >= 4 is 21.6 Å². The van der Waals surface area contributed by atoms with Gasteiger partial charge in [-0.2, -0.15) is 0 Å². The molecule has 2 N–H and O–H groups in total. The standard InChI is InChI=1S/C13H18BrFN2/c1-9-4-2-3-7-17(9)11-6-5-10(8-16)12(14)13(11)15/h5-6,9H,2-4,7-8,16H2,1H3. The summed E-state index contributed by atoms with van der Waals surface area (Å²) in [6.45, 7) is 3.45. The summed E-state index contributed by atoms with van der Waals surface area (Å²) < 4.78 is 14.8. The fraction of sp³-hybridized carbons (Fsp3) is 0.538. The molecule has 2 nitrogen and oxygen atoms in total. The molecule has 0 saturated carbocycles. The molecule has 0 aliphatic carbocycles. The number of hydrogen-bond donors (Lipinski definition) is 1. The molecular formula is C13H18BrFN2. The number of rotatable bonds is 2. The first-order valence-corrected chi connectivity index (χ1v) is 6.88. The van der Waals surface area contributed by atoms with Gasteiger partial charge in [0.2, 0.25) is 0 Å². The van der Waals surface area contributed by atoms with Gasteiger partial charge in [0.05, 0.1) is 10.2 Å². The van der Waals surface area contributed by atoms with Crippen molar-refractivity contribution in [2.75, 3.05) is 11.4 Å². The number of benzene rings is 1. The van der Waals surface area contributed by atoms with E-state index in [1.54, 1.807) is 0 Å². The van der Waals surface area contributed by atoms with E-state index >= 15 is 0 Å². The molecular weight excluding hydrogens is 283 g/mol. The third kappa shape index (κ3) is 2.47. The molecule has 1 fully saturated rings. The van der Waals surface area contributed by atoms with Crippen molar-refractivity contribution in [3.05, 3.63) is 28.0 Å².